The molecule has 0 aliphatic heterocycles. The minimum Gasteiger partial charge on any atom is -0.383 e. The van der Waals surface area contributed by atoms with Gasteiger partial charge in [-0.05, 0) is 19.1 Å². The summed E-state index contributed by atoms with van der Waals surface area (Å²) in [5.74, 6) is -0.648. The third-order valence-electron chi connectivity index (χ3n) is 2.97. The molecule has 2 rings (SSSR count). The molecule has 7 heteroatoms. The van der Waals surface area contributed by atoms with Gasteiger partial charge >= 0.3 is 0 Å². The molecule has 7 nitrogen and oxygen atoms in total. The Morgan fingerprint density at radius 3 is 2.90 bits per heavy atom. The second-order valence-electron chi connectivity index (χ2n) is 4.65. The van der Waals surface area contributed by atoms with Crippen LogP contribution in [0.2, 0.25) is 0 Å². The lowest BCUT2D eigenvalue weighted by Gasteiger charge is -2.05. The summed E-state index contributed by atoms with van der Waals surface area (Å²) in [6.07, 6.45) is 0. The molecule has 0 radical (unpaired) electrons. The molecule has 2 amide bonds. The number of ether oxygens (including phenoxy) is 1. The SMILES string of the molecule is COCCNC(=O)CNC(=O)c1n[nH]c2ccc(C)cc12. The van der Waals surface area contributed by atoms with Crippen molar-refractivity contribution in [1.82, 2.24) is 20.8 Å². The fourth-order valence-corrected chi connectivity index (χ4v) is 1.90. The van der Waals surface area contributed by atoms with Crippen LogP contribution < -0.4 is 10.6 Å². The maximum atomic E-state index is 12.1. The van der Waals surface area contributed by atoms with Crippen molar-refractivity contribution in [2.24, 2.45) is 0 Å². The highest BCUT2D eigenvalue weighted by atomic mass is 16.5. The monoisotopic (exact) mass is 290 g/mol. The van der Waals surface area contributed by atoms with Crippen molar-refractivity contribution in [1.29, 1.82) is 0 Å². The molecule has 0 unspecified atom stereocenters. The summed E-state index contributed by atoms with van der Waals surface area (Å²) in [5.41, 5.74) is 2.11. The van der Waals surface area contributed by atoms with Crippen LogP contribution in [0.1, 0.15) is 16.1 Å². The Morgan fingerprint density at radius 1 is 1.33 bits per heavy atom. The van der Waals surface area contributed by atoms with Crippen LogP contribution in [0.4, 0.5) is 0 Å². The van der Waals surface area contributed by atoms with Crippen LogP contribution in [-0.2, 0) is 9.53 Å². The van der Waals surface area contributed by atoms with Crippen LogP contribution in [0.5, 0.6) is 0 Å². The molecule has 0 spiro atoms. The minimum atomic E-state index is -0.381. The van der Waals surface area contributed by atoms with Crippen LogP contribution in [0, 0.1) is 6.92 Å². The van der Waals surface area contributed by atoms with Crippen LogP contribution in [0.3, 0.4) is 0 Å². The topological polar surface area (TPSA) is 96.1 Å². The van der Waals surface area contributed by atoms with Crippen molar-refractivity contribution in [3.63, 3.8) is 0 Å². The average Bonchev–Trinajstić information content (AvgIpc) is 2.88. The predicted molar refractivity (Wildman–Crippen MR) is 78.0 cm³/mol. The zero-order valence-electron chi connectivity index (χ0n) is 12.0. The van der Waals surface area contributed by atoms with Gasteiger partial charge in [-0.15, -0.1) is 0 Å². The number of hydrogen-bond donors (Lipinski definition) is 3. The van der Waals surface area contributed by atoms with E-state index in [0.29, 0.717) is 18.8 Å². The van der Waals surface area contributed by atoms with E-state index in [4.69, 9.17) is 4.74 Å². The largest absolute Gasteiger partial charge is 0.383 e. The van der Waals surface area contributed by atoms with Gasteiger partial charge in [-0.25, -0.2) is 0 Å². The number of carbonyl (C=O) groups excluding carboxylic acids is 2. The van der Waals surface area contributed by atoms with Crippen molar-refractivity contribution >= 4 is 22.7 Å². The molecule has 1 aromatic carbocycles. The van der Waals surface area contributed by atoms with Crippen molar-refractivity contribution in [2.45, 2.75) is 6.92 Å². The number of methoxy groups -OCH3 is 1. The van der Waals surface area contributed by atoms with Crippen LogP contribution in [0.25, 0.3) is 10.9 Å². The number of nitrogens with one attached hydrogen (secondary N) is 3. The van der Waals surface area contributed by atoms with Gasteiger partial charge < -0.3 is 15.4 Å². The number of rotatable bonds is 6. The van der Waals surface area contributed by atoms with Gasteiger partial charge in [-0.2, -0.15) is 5.10 Å². The number of aryl methyl sites for hydroxylation is 1. The fourth-order valence-electron chi connectivity index (χ4n) is 1.90. The number of carbonyl (C=O) groups is 2. The molecule has 21 heavy (non-hydrogen) atoms. The summed E-state index contributed by atoms with van der Waals surface area (Å²) >= 11 is 0. The molecule has 112 valence electrons. The summed E-state index contributed by atoms with van der Waals surface area (Å²) in [4.78, 5) is 23.6. The Labute approximate surface area is 122 Å². The van der Waals surface area contributed by atoms with E-state index in [2.05, 4.69) is 20.8 Å². The van der Waals surface area contributed by atoms with E-state index in [1.807, 2.05) is 25.1 Å². The number of nitrogens with zero attached hydrogens (tertiary/aromatic N) is 1. The molecule has 0 fully saturated rings. The van der Waals surface area contributed by atoms with E-state index in [0.717, 1.165) is 16.5 Å². The molecule has 0 saturated carbocycles. The fraction of sp³-hybridized carbons (Fsp3) is 0.357. The lowest BCUT2D eigenvalue weighted by Crippen LogP contribution is -2.38. The maximum Gasteiger partial charge on any atom is 0.272 e. The Bertz CT molecular complexity index is 651. The number of fused-ring (bicyclic) bond motifs is 1. The van der Waals surface area contributed by atoms with Gasteiger partial charge in [0.1, 0.15) is 0 Å². The standard InChI is InChI=1S/C14H18N4O3/c1-9-3-4-11-10(7-9)13(18-17-11)14(20)16-8-12(19)15-5-6-21-2/h3-4,7H,5-6,8H2,1-2H3,(H,15,19)(H,16,20)(H,17,18). The Hall–Kier alpha value is -2.41. The smallest absolute Gasteiger partial charge is 0.272 e. The minimum absolute atomic E-state index is 0.0945. The van der Waals surface area contributed by atoms with E-state index in [-0.39, 0.29) is 18.4 Å². The molecule has 1 heterocycles. The first kappa shape index (κ1) is 15.0. The number of aromatic amines is 1. The van der Waals surface area contributed by atoms with Crippen molar-refractivity contribution in [3.05, 3.63) is 29.5 Å². The molecule has 0 aliphatic rings. The zero-order chi connectivity index (χ0) is 15.2. The van der Waals surface area contributed by atoms with Gasteiger partial charge in [0, 0.05) is 19.0 Å². The van der Waals surface area contributed by atoms with Crippen molar-refractivity contribution in [2.75, 3.05) is 26.8 Å². The molecular formula is C14H18N4O3. The van der Waals surface area contributed by atoms with Gasteiger partial charge in [-0.1, -0.05) is 11.6 Å². The van der Waals surface area contributed by atoms with Crippen LogP contribution in [0.15, 0.2) is 18.2 Å². The van der Waals surface area contributed by atoms with Gasteiger partial charge in [0.25, 0.3) is 5.91 Å². The number of amides is 2. The second-order valence-corrected chi connectivity index (χ2v) is 4.65. The van der Waals surface area contributed by atoms with E-state index in [1.165, 1.54) is 0 Å². The quantitative estimate of drug-likeness (QED) is 0.669. The highest BCUT2D eigenvalue weighted by molar-refractivity contribution is 6.05. The zero-order valence-corrected chi connectivity index (χ0v) is 12.0. The summed E-state index contributed by atoms with van der Waals surface area (Å²) in [6, 6.07) is 5.68. The lowest BCUT2D eigenvalue weighted by molar-refractivity contribution is -0.120. The van der Waals surface area contributed by atoms with Crippen molar-refractivity contribution < 1.29 is 14.3 Å². The van der Waals surface area contributed by atoms with E-state index in [1.54, 1.807) is 7.11 Å². The highest BCUT2D eigenvalue weighted by Gasteiger charge is 2.14. The van der Waals surface area contributed by atoms with Gasteiger partial charge in [-0.3, -0.25) is 14.7 Å². The third-order valence-corrected chi connectivity index (χ3v) is 2.97. The number of aromatic nitrogens is 2. The first-order chi connectivity index (χ1) is 10.1. The Kier molecular flexibility index (Phi) is 4.89. The number of hydrogen-bond acceptors (Lipinski definition) is 4. The second kappa shape index (κ2) is 6.85. The molecule has 0 saturated heterocycles. The average molecular weight is 290 g/mol. The summed E-state index contributed by atoms with van der Waals surface area (Å²) in [5, 5.41) is 12.7. The number of benzene rings is 1. The van der Waals surface area contributed by atoms with Gasteiger partial charge in [0.05, 0.1) is 18.7 Å². The van der Waals surface area contributed by atoms with Gasteiger partial charge in [0.15, 0.2) is 5.69 Å². The van der Waals surface area contributed by atoms with E-state index in [9.17, 15) is 9.59 Å². The first-order valence-electron chi connectivity index (χ1n) is 6.60. The molecule has 0 atom stereocenters. The van der Waals surface area contributed by atoms with E-state index >= 15 is 0 Å². The molecule has 3 N–H and O–H groups in total. The van der Waals surface area contributed by atoms with Crippen molar-refractivity contribution in [3.8, 4) is 0 Å². The van der Waals surface area contributed by atoms with Crippen LogP contribution in [-0.4, -0.2) is 48.8 Å². The molecule has 2 aromatic rings. The number of H-pyrrole nitrogens is 1. The predicted octanol–water partition coefficient (Wildman–Crippen LogP) is 0.364. The summed E-state index contributed by atoms with van der Waals surface area (Å²) in [7, 11) is 1.55. The molecular weight excluding hydrogens is 272 g/mol. The highest BCUT2D eigenvalue weighted by Crippen LogP contribution is 2.17. The Balaban J connectivity index is 1.96. The van der Waals surface area contributed by atoms with E-state index < -0.39 is 0 Å². The molecule has 0 aliphatic carbocycles. The Morgan fingerprint density at radius 2 is 2.14 bits per heavy atom. The molecule has 0 bridgehead atoms. The van der Waals surface area contributed by atoms with Crippen LogP contribution >= 0.6 is 0 Å². The molecule has 1 aromatic heterocycles. The maximum absolute atomic E-state index is 12.1. The lowest BCUT2D eigenvalue weighted by atomic mass is 10.1. The summed E-state index contributed by atoms with van der Waals surface area (Å²) in [6.45, 7) is 2.69. The summed E-state index contributed by atoms with van der Waals surface area (Å²) < 4.78 is 4.82. The normalized spacial score (nSPS) is 10.6. The third kappa shape index (κ3) is 3.79. The van der Waals surface area contributed by atoms with Gasteiger partial charge in [0.2, 0.25) is 5.91 Å². The first-order valence-corrected chi connectivity index (χ1v) is 6.60.